The molecule has 2 aliphatic rings. The van der Waals surface area contributed by atoms with E-state index in [2.05, 4.69) is 35.1 Å². The lowest BCUT2D eigenvalue weighted by Gasteiger charge is -2.42. The predicted octanol–water partition coefficient (Wildman–Crippen LogP) is 4.02. The van der Waals surface area contributed by atoms with Crippen molar-refractivity contribution in [1.82, 2.24) is 14.8 Å². The minimum atomic E-state index is 0.0315. The molecule has 6 heteroatoms. The second-order valence-corrected chi connectivity index (χ2v) is 9.21. The van der Waals surface area contributed by atoms with Crippen LogP contribution in [-0.4, -0.2) is 67.2 Å². The Kier molecular flexibility index (Phi) is 7.76. The van der Waals surface area contributed by atoms with Gasteiger partial charge in [0.15, 0.2) is 0 Å². The lowest BCUT2D eigenvalue weighted by Crippen LogP contribution is -2.45. The van der Waals surface area contributed by atoms with E-state index in [4.69, 9.17) is 9.47 Å². The molecule has 4 rings (SSSR count). The van der Waals surface area contributed by atoms with Crippen molar-refractivity contribution in [3.05, 3.63) is 59.9 Å². The third-order valence-electron chi connectivity index (χ3n) is 6.81. The third kappa shape index (κ3) is 5.87. The molecule has 2 aromatic rings. The Morgan fingerprint density at radius 2 is 1.78 bits per heavy atom. The number of amides is 1. The molecule has 0 atom stereocenters. The number of pyridine rings is 1. The fraction of sp³-hybridized carbons (Fsp3) is 0.538. The zero-order valence-corrected chi connectivity index (χ0v) is 19.2. The molecule has 0 bridgehead atoms. The summed E-state index contributed by atoms with van der Waals surface area (Å²) in [5.74, 6) is 1.01. The van der Waals surface area contributed by atoms with Crippen LogP contribution in [0.4, 0.5) is 0 Å². The number of hydrogen-bond donors (Lipinski definition) is 0. The van der Waals surface area contributed by atoms with Crippen molar-refractivity contribution in [1.29, 1.82) is 0 Å². The average molecular weight is 438 g/mol. The van der Waals surface area contributed by atoms with E-state index in [1.165, 1.54) is 5.56 Å². The summed E-state index contributed by atoms with van der Waals surface area (Å²) in [6.45, 7) is 5.53. The zero-order chi connectivity index (χ0) is 22.2. The smallest absolute Gasteiger partial charge is 0.272 e. The van der Waals surface area contributed by atoms with Crippen LogP contribution in [0.2, 0.25) is 0 Å². The minimum Gasteiger partial charge on any atom is -0.493 e. The van der Waals surface area contributed by atoms with Gasteiger partial charge in [0.2, 0.25) is 0 Å². The van der Waals surface area contributed by atoms with E-state index in [0.29, 0.717) is 12.3 Å². The molecule has 6 nitrogen and oxygen atoms in total. The number of piperidine rings is 1. The first-order chi connectivity index (χ1) is 15.7. The SMILES string of the molecule is CN1CCOCCCCC2(CCN(C(=O)c3ccccn3)CC2)COc2ccccc2C1. The first-order valence-electron chi connectivity index (χ1n) is 11.8. The summed E-state index contributed by atoms with van der Waals surface area (Å²) in [5.41, 5.74) is 1.83. The number of nitrogens with zero attached hydrogens (tertiary/aromatic N) is 3. The van der Waals surface area contributed by atoms with Gasteiger partial charge in [-0.3, -0.25) is 14.7 Å². The summed E-state index contributed by atoms with van der Waals surface area (Å²) in [4.78, 5) is 21.3. The van der Waals surface area contributed by atoms with Crippen LogP contribution in [-0.2, 0) is 11.3 Å². The molecular weight excluding hydrogens is 402 g/mol. The van der Waals surface area contributed by atoms with Crippen molar-refractivity contribution in [3.63, 3.8) is 0 Å². The summed E-state index contributed by atoms with van der Waals surface area (Å²) in [6.07, 6.45) is 6.88. The van der Waals surface area contributed by atoms with Gasteiger partial charge in [0.05, 0.1) is 13.2 Å². The van der Waals surface area contributed by atoms with Crippen molar-refractivity contribution in [3.8, 4) is 5.75 Å². The molecule has 0 radical (unpaired) electrons. The Morgan fingerprint density at radius 3 is 2.59 bits per heavy atom. The van der Waals surface area contributed by atoms with Gasteiger partial charge in [0.1, 0.15) is 11.4 Å². The summed E-state index contributed by atoms with van der Waals surface area (Å²) < 4.78 is 12.4. The fourth-order valence-electron chi connectivity index (χ4n) is 4.70. The lowest BCUT2D eigenvalue weighted by atomic mass is 9.75. The summed E-state index contributed by atoms with van der Waals surface area (Å²) in [7, 11) is 2.13. The van der Waals surface area contributed by atoms with Crippen LogP contribution in [0, 0.1) is 5.41 Å². The highest BCUT2D eigenvalue weighted by molar-refractivity contribution is 5.92. The first-order valence-corrected chi connectivity index (χ1v) is 11.8. The Hall–Kier alpha value is -2.44. The van der Waals surface area contributed by atoms with Gasteiger partial charge in [0.25, 0.3) is 5.91 Å². The highest BCUT2D eigenvalue weighted by Gasteiger charge is 2.37. The standard InChI is InChI=1S/C26H35N3O3/c1-28-17-19-31-18-7-5-11-26(21-32-24-10-3-2-8-22(24)20-28)12-15-29(16-13-26)25(30)23-9-4-6-14-27-23/h2-4,6,8-10,14H,5,7,11-13,15-21H2,1H3. The molecule has 0 unspecified atom stereocenters. The highest BCUT2D eigenvalue weighted by Crippen LogP contribution is 2.38. The molecular formula is C26H35N3O3. The molecule has 1 saturated heterocycles. The molecule has 1 aromatic heterocycles. The van der Waals surface area contributed by atoms with E-state index >= 15 is 0 Å². The van der Waals surface area contributed by atoms with E-state index in [0.717, 1.165) is 77.2 Å². The molecule has 1 aromatic carbocycles. The molecule has 1 spiro atoms. The van der Waals surface area contributed by atoms with E-state index in [9.17, 15) is 4.79 Å². The number of para-hydroxylation sites is 1. The number of fused-ring (bicyclic) bond motifs is 1. The van der Waals surface area contributed by atoms with Gasteiger partial charge in [-0.1, -0.05) is 30.7 Å². The van der Waals surface area contributed by atoms with Crippen LogP contribution in [0.5, 0.6) is 5.75 Å². The van der Waals surface area contributed by atoms with Crippen LogP contribution < -0.4 is 4.74 Å². The molecule has 0 saturated carbocycles. The van der Waals surface area contributed by atoms with E-state index in [1.54, 1.807) is 12.3 Å². The summed E-state index contributed by atoms with van der Waals surface area (Å²) >= 11 is 0. The maximum Gasteiger partial charge on any atom is 0.272 e. The maximum atomic E-state index is 12.9. The molecule has 2 aliphatic heterocycles. The van der Waals surface area contributed by atoms with Crippen molar-refractivity contribution in [2.24, 2.45) is 5.41 Å². The maximum absolute atomic E-state index is 12.9. The third-order valence-corrected chi connectivity index (χ3v) is 6.81. The molecule has 1 amide bonds. The molecule has 1 fully saturated rings. The van der Waals surface area contributed by atoms with Crippen LogP contribution in [0.15, 0.2) is 48.7 Å². The van der Waals surface area contributed by atoms with Gasteiger partial charge >= 0.3 is 0 Å². The van der Waals surface area contributed by atoms with Gasteiger partial charge < -0.3 is 14.4 Å². The molecule has 0 aliphatic carbocycles. The Morgan fingerprint density at radius 1 is 0.969 bits per heavy atom. The largest absolute Gasteiger partial charge is 0.493 e. The number of ether oxygens (including phenoxy) is 2. The number of hydrogen-bond acceptors (Lipinski definition) is 5. The Labute approximate surface area is 191 Å². The second-order valence-electron chi connectivity index (χ2n) is 9.21. The number of carbonyl (C=O) groups excluding carboxylic acids is 1. The number of likely N-dealkylation sites (tertiary alicyclic amines) is 1. The van der Waals surface area contributed by atoms with Gasteiger partial charge in [0, 0.05) is 50.0 Å². The predicted molar refractivity (Wildman–Crippen MR) is 125 cm³/mol. The molecule has 0 N–H and O–H groups in total. The zero-order valence-electron chi connectivity index (χ0n) is 19.2. The van der Waals surface area contributed by atoms with E-state index in [-0.39, 0.29) is 11.3 Å². The van der Waals surface area contributed by atoms with Crippen LogP contribution in [0.25, 0.3) is 0 Å². The fourth-order valence-corrected chi connectivity index (χ4v) is 4.70. The number of aromatic nitrogens is 1. The van der Waals surface area contributed by atoms with Gasteiger partial charge in [-0.2, -0.15) is 0 Å². The number of rotatable bonds is 1. The van der Waals surface area contributed by atoms with Crippen LogP contribution >= 0.6 is 0 Å². The number of benzene rings is 1. The van der Waals surface area contributed by atoms with E-state index in [1.807, 2.05) is 23.1 Å². The normalized spacial score (nSPS) is 20.7. The molecule has 172 valence electrons. The van der Waals surface area contributed by atoms with Crippen LogP contribution in [0.3, 0.4) is 0 Å². The van der Waals surface area contributed by atoms with E-state index < -0.39 is 0 Å². The van der Waals surface area contributed by atoms with Gasteiger partial charge in [-0.15, -0.1) is 0 Å². The minimum absolute atomic E-state index is 0.0315. The van der Waals surface area contributed by atoms with Crippen molar-refractivity contribution in [2.45, 2.75) is 38.6 Å². The summed E-state index contributed by atoms with van der Waals surface area (Å²) in [6, 6.07) is 13.9. The van der Waals surface area contributed by atoms with Gasteiger partial charge in [-0.25, -0.2) is 0 Å². The Balaban J connectivity index is 1.45. The first kappa shape index (κ1) is 22.7. The molecule has 32 heavy (non-hydrogen) atoms. The monoisotopic (exact) mass is 437 g/mol. The Bertz CT molecular complexity index is 866. The molecule has 3 heterocycles. The lowest BCUT2D eigenvalue weighted by molar-refractivity contribution is 0.0330. The van der Waals surface area contributed by atoms with Crippen molar-refractivity contribution < 1.29 is 14.3 Å². The summed E-state index contributed by atoms with van der Waals surface area (Å²) in [5, 5.41) is 0. The average Bonchev–Trinajstić information content (AvgIpc) is 2.83. The highest BCUT2D eigenvalue weighted by atomic mass is 16.5. The van der Waals surface area contributed by atoms with Gasteiger partial charge in [-0.05, 0) is 50.9 Å². The topological polar surface area (TPSA) is 54.9 Å². The second kappa shape index (κ2) is 10.9. The quantitative estimate of drug-likeness (QED) is 0.675. The van der Waals surface area contributed by atoms with Crippen molar-refractivity contribution in [2.75, 3.05) is 46.5 Å². The van der Waals surface area contributed by atoms with Crippen LogP contribution in [0.1, 0.15) is 48.2 Å². The van der Waals surface area contributed by atoms with Crippen molar-refractivity contribution >= 4 is 5.91 Å². The number of carbonyl (C=O) groups is 1. The number of likely N-dealkylation sites (N-methyl/N-ethyl adjacent to an activating group) is 1.